The van der Waals surface area contributed by atoms with Crippen LogP contribution in [0.25, 0.3) is 0 Å². The van der Waals surface area contributed by atoms with Crippen molar-refractivity contribution in [3.63, 3.8) is 0 Å². The van der Waals surface area contributed by atoms with Gasteiger partial charge in [0.25, 0.3) is 0 Å². The summed E-state index contributed by atoms with van der Waals surface area (Å²) >= 11 is 0. The molecule has 0 saturated carbocycles. The number of nitrogens with one attached hydrogen (secondary N) is 1. The number of phosphoric acid groups is 1. The SMILES string of the molecule is C=CCOP(=O)(OCCC)OCC(NC(C)=O)[C@@H](C)OC(C)=O. The minimum Gasteiger partial charge on any atom is -0.461 e. The van der Waals surface area contributed by atoms with Crippen LogP contribution >= 0.6 is 7.82 Å². The van der Waals surface area contributed by atoms with Gasteiger partial charge < -0.3 is 10.1 Å². The van der Waals surface area contributed by atoms with E-state index < -0.39 is 25.9 Å². The molecule has 0 saturated heterocycles. The summed E-state index contributed by atoms with van der Waals surface area (Å²) in [5.41, 5.74) is 0. The lowest BCUT2D eigenvalue weighted by atomic mass is 10.2. The quantitative estimate of drug-likeness (QED) is 0.327. The van der Waals surface area contributed by atoms with Crippen molar-refractivity contribution in [3.8, 4) is 0 Å². The van der Waals surface area contributed by atoms with Crippen LogP contribution in [0, 0.1) is 0 Å². The summed E-state index contributed by atoms with van der Waals surface area (Å²) in [5, 5.41) is 2.58. The molecule has 0 aliphatic carbocycles. The number of phosphoric ester groups is 1. The van der Waals surface area contributed by atoms with Crippen molar-refractivity contribution in [3.05, 3.63) is 12.7 Å². The molecule has 23 heavy (non-hydrogen) atoms. The van der Waals surface area contributed by atoms with Crippen LogP contribution in [0.2, 0.25) is 0 Å². The zero-order valence-electron chi connectivity index (χ0n) is 14.1. The highest BCUT2D eigenvalue weighted by Crippen LogP contribution is 2.49. The van der Waals surface area contributed by atoms with Gasteiger partial charge in [-0.3, -0.25) is 23.2 Å². The van der Waals surface area contributed by atoms with E-state index in [4.69, 9.17) is 18.3 Å². The third-order valence-corrected chi connectivity index (χ3v) is 3.95. The van der Waals surface area contributed by atoms with Gasteiger partial charge in [0.15, 0.2) is 0 Å². The first-order chi connectivity index (χ1) is 10.7. The molecule has 134 valence electrons. The molecule has 0 rings (SSSR count). The number of hydrogen-bond acceptors (Lipinski definition) is 7. The Bertz CT molecular complexity index is 441. The van der Waals surface area contributed by atoms with Crippen LogP contribution in [0.3, 0.4) is 0 Å². The lowest BCUT2D eigenvalue weighted by Crippen LogP contribution is -2.45. The minimum atomic E-state index is -3.79. The Morgan fingerprint density at radius 2 is 1.91 bits per heavy atom. The predicted octanol–water partition coefficient (Wildman–Crippen LogP) is 2.20. The number of hydrogen-bond donors (Lipinski definition) is 1. The lowest BCUT2D eigenvalue weighted by Gasteiger charge is -2.26. The zero-order valence-corrected chi connectivity index (χ0v) is 15.0. The normalized spacial score (nSPS) is 16.0. The first-order valence-electron chi connectivity index (χ1n) is 7.33. The number of rotatable bonds is 12. The monoisotopic (exact) mass is 351 g/mol. The molecular formula is C14H26NO7P. The van der Waals surface area contributed by atoms with Crippen molar-refractivity contribution >= 4 is 19.7 Å². The van der Waals surface area contributed by atoms with Gasteiger partial charge in [0.2, 0.25) is 5.91 Å². The van der Waals surface area contributed by atoms with E-state index in [1.807, 2.05) is 6.92 Å². The van der Waals surface area contributed by atoms with E-state index in [0.717, 1.165) is 0 Å². The van der Waals surface area contributed by atoms with Gasteiger partial charge in [-0.25, -0.2) is 4.57 Å². The third-order valence-electron chi connectivity index (χ3n) is 2.52. The molecule has 0 aromatic rings. The summed E-state index contributed by atoms with van der Waals surface area (Å²) in [7, 11) is -3.79. The molecule has 8 nitrogen and oxygen atoms in total. The van der Waals surface area contributed by atoms with Crippen LogP contribution in [-0.2, 0) is 32.5 Å². The lowest BCUT2D eigenvalue weighted by molar-refractivity contribution is -0.148. The van der Waals surface area contributed by atoms with E-state index >= 15 is 0 Å². The molecule has 0 heterocycles. The van der Waals surface area contributed by atoms with Crippen LogP contribution in [-0.4, -0.2) is 43.8 Å². The first kappa shape index (κ1) is 21.8. The molecule has 0 aromatic carbocycles. The Morgan fingerprint density at radius 1 is 1.26 bits per heavy atom. The number of ether oxygens (including phenoxy) is 1. The Balaban J connectivity index is 4.85. The van der Waals surface area contributed by atoms with Crippen LogP contribution < -0.4 is 5.32 Å². The van der Waals surface area contributed by atoms with Crippen molar-refractivity contribution in [1.29, 1.82) is 0 Å². The first-order valence-corrected chi connectivity index (χ1v) is 8.79. The van der Waals surface area contributed by atoms with Crippen molar-refractivity contribution in [2.24, 2.45) is 0 Å². The smallest absolute Gasteiger partial charge is 0.461 e. The average Bonchev–Trinajstić information content (AvgIpc) is 2.46. The van der Waals surface area contributed by atoms with E-state index in [1.165, 1.54) is 19.9 Å². The highest BCUT2D eigenvalue weighted by Gasteiger charge is 2.30. The maximum atomic E-state index is 12.4. The van der Waals surface area contributed by atoms with E-state index in [-0.39, 0.29) is 25.7 Å². The summed E-state index contributed by atoms with van der Waals surface area (Å²) in [6.07, 6.45) is 1.37. The molecule has 9 heteroatoms. The predicted molar refractivity (Wildman–Crippen MR) is 84.8 cm³/mol. The highest BCUT2D eigenvalue weighted by molar-refractivity contribution is 7.48. The van der Waals surface area contributed by atoms with Gasteiger partial charge >= 0.3 is 13.8 Å². The summed E-state index contributed by atoms with van der Waals surface area (Å²) in [4.78, 5) is 22.3. The van der Waals surface area contributed by atoms with Crippen molar-refractivity contribution in [2.75, 3.05) is 19.8 Å². The van der Waals surface area contributed by atoms with E-state index in [9.17, 15) is 14.2 Å². The molecule has 1 N–H and O–H groups in total. The maximum Gasteiger partial charge on any atom is 0.475 e. The molecule has 0 aromatic heterocycles. The molecule has 0 radical (unpaired) electrons. The van der Waals surface area contributed by atoms with Gasteiger partial charge in [-0.15, -0.1) is 6.58 Å². The van der Waals surface area contributed by atoms with Gasteiger partial charge in [0.1, 0.15) is 6.10 Å². The van der Waals surface area contributed by atoms with Crippen LogP contribution in [0.15, 0.2) is 12.7 Å². The second kappa shape index (κ2) is 11.3. The van der Waals surface area contributed by atoms with Crippen LogP contribution in [0.1, 0.15) is 34.1 Å². The fraction of sp³-hybridized carbons (Fsp3) is 0.714. The maximum absolute atomic E-state index is 12.4. The Morgan fingerprint density at radius 3 is 2.39 bits per heavy atom. The van der Waals surface area contributed by atoms with E-state index in [1.54, 1.807) is 6.92 Å². The molecule has 0 aliphatic rings. The average molecular weight is 351 g/mol. The van der Waals surface area contributed by atoms with Gasteiger partial charge in [0.05, 0.1) is 25.9 Å². The van der Waals surface area contributed by atoms with Gasteiger partial charge in [-0.1, -0.05) is 13.0 Å². The molecule has 3 atom stereocenters. The van der Waals surface area contributed by atoms with Crippen LogP contribution in [0.5, 0.6) is 0 Å². The molecular weight excluding hydrogens is 325 g/mol. The highest BCUT2D eigenvalue weighted by atomic mass is 31.2. The van der Waals surface area contributed by atoms with E-state index in [2.05, 4.69) is 11.9 Å². The number of carbonyl (C=O) groups is 2. The standard InChI is InChI=1S/C14H26NO7P/c1-6-8-19-23(18,20-9-7-2)21-10-14(15-12(4)16)11(3)22-13(5)17/h6,11,14H,1,7-10H2,2-5H3,(H,15,16)/t11-,14?,23?/m1/s1. The largest absolute Gasteiger partial charge is 0.475 e. The third kappa shape index (κ3) is 10.2. The minimum absolute atomic E-state index is 0.00864. The Kier molecular flexibility index (Phi) is 10.7. The molecule has 0 spiro atoms. The number of amides is 1. The molecule has 1 amide bonds. The summed E-state index contributed by atoms with van der Waals surface area (Å²) in [6.45, 7) is 9.46. The fourth-order valence-corrected chi connectivity index (χ4v) is 2.79. The van der Waals surface area contributed by atoms with Crippen LogP contribution in [0.4, 0.5) is 0 Å². The molecule has 0 aliphatic heterocycles. The summed E-state index contributed by atoms with van der Waals surface area (Å²) < 4.78 is 32.9. The van der Waals surface area contributed by atoms with Crippen molar-refractivity contribution in [2.45, 2.75) is 46.3 Å². The topological polar surface area (TPSA) is 100 Å². The second-order valence-electron chi connectivity index (χ2n) is 4.78. The number of carbonyl (C=O) groups excluding carboxylic acids is 2. The molecule has 2 unspecified atom stereocenters. The molecule has 0 bridgehead atoms. The van der Waals surface area contributed by atoms with E-state index in [0.29, 0.717) is 6.42 Å². The van der Waals surface area contributed by atoms with Gasteiger partial charge in [-0.05, 0) is 13.3 Å². The Hall–Kier alpha value is -1.21. The Labute approximate surface area is 137 Å². The van der Waals surface area contributed by atoms with Crippen molar-refractivity contribution in [1.82, 2.24) is 5.32 Å². The van der Waals surface area contributed by atoms with Gasteiger partial charge in [0, 0.05) is 13.8 Å². The molecule has 0 fully saturated rings. The fourth-order valence-electron chi connectivity index (χ4n) is 1.53. The zero-order chi connectivity index (χ0) is 17.9. The van der Waals surface area contributed by atoms with Crippen molar-refractivity contribution < 1.29 is 32.5 Å². The second-order valence-corrected chi connectivity index (χ2v) is 6.45. The summed E-state index contributed by atoms with van der Waals surface area (Å²) in [6, 6.07) is -0.692. The number of esters is 1. The van der Waals surface area contributed by atoms with Gasteiger partial charge in [-0.2, -0.15) is 0 Å². The summed E-state index contributed by atoms with van der Waals surface area (Å²) in [5.74, 6) is -0.838.